The first-order valence-corrected chi connectivity index (χ1v) is 11.4. The van der Waals surface area contributed by atoms with Gasteiger partial charge in [-0.25, -0.2) is 9.97 Å². The van der Waals surface area contributed by atoms with Gasteiger partial charge >= 0.3 is 0 Å². The maximum absolute atomic E-state index is 12.2. The van der Waals surface area contributed by atoms with E-state index in [1.807, 2.05) is 30.3 Å². The second kappa shape index (κ2) is 8.30. The lowest BCUT2D eigenvalue weighted by molar-refractivity contribution is -0.118. The van der Waals surface area contributed by atoms with E-state index in [2.05, 4.69) is 29.1 Å². The number of carbonyl (C=O) groups is 1. The Labute approximate surface area is 178 Å². The van der Waals surface area contributed by atoms with Crippen LogP contribution in [0.15, 0.2) is 35.5 Å². The number of nitrogen functional groups attached to an aromatic ring is 1. The van der Waals surface area contributed by atoms with Crippen LogP contribution in [-0.2, 0) is 29.1 Å². The molecule has 1 aliphatic heterocycles. The molecule has 152 valence electrons. The molecular formula is C21H24N4O2S2. The van der Waals surface area contributed by atoms with E-state index in [0.29, 0.717) is 24.1 Å². The van der Waals surface area contributed by atoms with Gasteiger partial charge in [0.1, 0.15) is 10.6 Å². The minimum absolute atomic E-state index is 0.0568. The van der Waals surface area contributed by atoms with E-state index in [4.69, 9.17) is 10.5 Å². The molecule has 3 N–H and O–H groups in total. The second-order valence-corrected chi connectivity index (χ2v) is 9.42. The molecular weight excluding hydrogens is 404 g/mol. The van der Waals surface area contributed by atoms with Gasteiger partial charge in [-0.15, -0.1) is 11.3 Å². The second-order valence-electron chi connectivity index (χ2n) is 7.40. The third-order valence-electron chi connectivity index (χ3n) is 5.26. The van der Waals surface area contributed by atoms with Crippen molar-refractivity contribution in [3.63, 3.8) is 0 Å². The molecule has 29 heavy (non-hydrogen) atoms. The molecule has 1 atom stereocenters. The lowest BCUT2D eigenvalue weighted by Crippen LogP contribution is -2.33. The fourth-order valence-corrected chi connectivity index (χ4v) is 5.20. The molecule has 0 aliphatic carbocycles. The molecule has 2 aromatic heterocycles. The molecule has 0 unspecified atom stereocenters. The van der Waals surface area contributed by atoms with Crippen molar-refractivity contribution in [3.05, 3.63) is 46.3 Å². The van der Waals surface area contributed by atoms with Gasteiger partial charge in [0.05, 0.1) is 23.3 Å². The van der Waals surface area contributed by atoms with E-state index in [1.54, 1.807) is 11.3 Å². The summed E-state index contributed by atoms with van der Waals surface area (Å²) < 4.78 is 6.05. The number of ether oxygens (including phenoxy) is 1. The summed E-state index contributed by atoms with van der Waals surface area (Å²) >= 11 is 2.92. The lowest BCUT2D eigenvalue weighted by Gasteiger charge is -2.33. The van der Waals surface area contributed by atoms with Crippen molar-refractivity contribution in [1.82, 2.24) is 15.3 Å². The van der Waals surface area contributed by atoms with Crippen LogP contribution in [0.25, 0.3) is 10.2 Å². The van der Waals surface area contributed by atoms with Crippen LogP contribution < -0.4 is 11.1 Å². The standard InChI is InChI=1S/C21H24N4O2S2/c1-3-21(2)9-14-15(11-27-21)29-19-17(14)18(22)24-20(25-19)28-12-16(26)23-10-13-7-5-4-6-8-13/h4-8H,3,9-12H2,1-2H3,(H,23,26)(H2,22,24,25)/t21-/m1/s1. The first kappa shape index (κ1) is 20.1. The summed E-state index contributed by atoms with van der Waals surface area (Å²) in [6, 6.07) is 9.83. The Hall–Kier alpha value is -2.16. The number of thioether (sulfide) groups is 1. The molecule has 8 heteroatoms. The molecule has 1 aromatic carbocycles. The van der Waals surface area contributed by atoms with Crippen LogP contribution in [-0.4, -0.2) is 27.2 Å². The number of hydrogen-bond donors (Lipinski definition) is 2. The zero-order valence-corrected chi connectivity index (χ0v) is 18.2. The molecule has 0 saturated heterocycles. The number of aromatic nitrogens is 2. The van der Waals surface area contributed by atoms with E-state index in [0.717, 1.165) is 28.6 Å². The van der Waals surface area contributed by atoms with Crippen molar-refractivity contribution in [2.75, 3.05) is 11.5 Å². The van der Waals surface area contributed by atoms with E-state index in [-0.39, 0.29) is 17.3 Å². The number of fused-ring (bicyclic) bond motifs is 3. The van der Waals surface area contributed by atoms with Crippen LogP contribution in [0.3, 0.4) is 0 Å². The van der Waals surface area contributed by atoms with Crippen molar-refractivity contribution in [1.29, 1.82) is 0 Å². The summed E-state index contributed by atoms with van der Waals surface area (Å²) in [4.78, 5) is 23.3. The molecule has 3 aromatic rings. The summed E-state index contributed by atoms with van der Waals surface area (Å²) in [6.07, 6.45) is 1.76. The van der Waals surface area contributed by atoms with Gasteiger partial charge < -0.3 is 15.8 Å². The van der Waals surface area contributed by atoms with Gasteiger partial charge in [-0.1, -0.05) is 49.0 Å². The van der Waals surface area contributed by atoms with Crippen molar-refractivity contribution in [3.8, 4) is 0 Å². The van der Waals surface area contributed by atoms with Gasteiger partial charge in [0.2, 0.25) is 5.91 Å². The summed E-state index contributed by atoms with van der Waals surface area (Å²) in [6.45, 7) is 5.37. The number of nitrogens with one attached hydrogen (secondary N) is 1. The molecule has 1 aliphatic rings. The van der Waals surface area contributed by atoms with Crippen molar-refractivity contribution in [2.45, 2.75) is 50.6 Å². The Morgan fingerprint density at radius 3 is 2.90 bits per heavy atom. The van der Waals surface area contributed by atoms with E-state index < -0.39 is 0 Å². The van der Waals surface area contributed by atoms with E-state index in [9.17, 15) is 4.79 Å². The van der Waals surface area contributed by atoms with Crippen molar-refractivity contribution < 1.29 is 9.53 Å². The van der Waals surface area contributed by atoms with Crippen molar-refractivity contribution >= 4 is 45.0 Å². The molecule has 4 rings (SSSR count). The molecule has 0 bridgehead atoms. The van der Waals surface area contributed by atoms with E-state index >= 15 is 0 Å². The molecule has 3 heterocycles. The molecule has 0 fully saturated rings. The van der Waals surface area contributed by atoms with Gasteiger partial charge in [0, 0.05) is 17.8 Å². The first-order valence-electron chi connectivity index (χ1n) is 9.62. The van der Waals surface area contributed by atoms with Gasteiger partial charge in [0.15, 0.2) is 5.16 Å². The number of benzene rings is 1. The number of carbonyl (C=O) groups excluding carboxylic acids is 1. The fourth-order valence-electron chi connectivity index (χ4n) is 3.35. The number of nitrogens with zero attached hydrogens (tertiary/aromatic N) is 2. The Morgan fingerprint density at radius 1 is 1.34 bits per heavy atom. The third kappa shape index (κ3) is 4.39. The van der Waals surface area contributed by atoms with Gasteiger partial charge in [-0.2, -0.15) is 0 Å². The molecule has 6 nitrogen and oxygen atoms in total. The maximum atomic E-state index is 12.2. The normalized spacial score (nSPS) is 18.6. The SMILES string of the molecule is CC[C@]1(C)Cc2c(sc3nc(SCC(=O)NCc4ccccc4)nc(N)c23)CO1. The lowest BCUT2D eigenvalue weighted by atomic mass is 9.90. The summed E-state index contributed by atoms with van der Waals surface area (Å²) in [5.74, 6) is 0.679. The number of nitrogens with two attached hydrogens (primary N) is 1. The highest BCUT2D eigenvalue weighted by Gasteiger charge is 2.33. The molecule has 0 radical (unpaired) electrons. The molecule has 0 spiro atoms. The minimum atomic E-state index is -0.169. The Kier molecular flexibility index (Phi) is 5.76. The zero-order valence-electron chi connectivity index (χ0n) is 16.5. The Bertz CT molecular complexity index is 1040. The van der Waals surface area contributed by atoms with Crippen LogP contribution >= 0.6 is 23.1 Å². The highest BCUT2D eigenvalue weighted by molar-refractivity contribution is 7.99. The summed E-state index contributed by atoms with van der Waals surface area (Å²) in [5.41, 5.74) is 8.41. The van der Waals surface area contributed by atoms with Crippen molar-refractivity contribution in [2.24, 2.45) is 0 Å². The van der Waals surface area contributed by atoms with Crippen LogP contribution in [0, 0.1) is 0 Å². The highest BCUT2D eigenvalue weighted by atomic mass is 32.2. The number of amides is 1. The molecule has 0 saturated carbocycles. The van der Waals surface area contributed by atoms with Crippen LogP contribution in [0.5, 0.6) is 0 Å². The quantitative estimate of drug-likeness (QED) is 0.457. The predicted octanol–water partition coefficient (Wildman–Crippen LogP) is 3.92. The van der Waals surface area contributed by atoms with E-state index in [1.165, 1.54) is 22.2 Å². The number of anilines is 1. The van der Waals surface area contributed by atoms with Gasteiger partial charge in [-0.3, -0.25) is 4.79 Å². The average Bonchev–Trinajstić information content (AvgIpc) is 3.09. The zero-order chi connectivity index (χ0) is 20.4. The average molecular weight is 429 g/mol. The Balaban J connectivity index is 1.45. The highest BCUT2D eigenvalue weighted by Crippen LogP contribution is 2.41. The van der Waals surface area contributed by atoms with Crippen LogP contribution in [0.4, 0.5) is 5.82 Å². The van der Waals surface area contributed by atoms with Crippen LogP contribution in [0.1, 0.15) is 36.3 Å². The predicted molar refractivity (Wildman–Crippen MR) is 118 cm³/mol. The monoisotopic (exact) mass is 428 g/mol. The minimum Gasteiger partial charge on any atom is -0.383 e. The van der Waals surface area contributed by atoms with Gasteiger partial charge in [0.25, 0.3) is 0 Å². The number of rotatable bonds is 6. The summed E-state index contributed by atoms with van der Waals surface area (Å²) in [7, 11) is 0. The van der Waals surface area contributed by atoms with Gasteiger partial charge in [-0.05, 0) is 24.5 Å². The van der Waals surface area contributed by atoms with Crippen LogP contribution in [0.2, 0.25) is 0 Å². The largest absolute Gasteiger partial charge is 0.383 e. The topological polar surface area (TPSA) is 90.1 Å². The fraction of sp³-hybridized carbons (Fsp3) is 0.381. The maximum Gasteiger partial charge on any atom is 0.230 e. The third-order valence-corrected chi connectivity index (χ3v) is 7.20. The number of hydrogen-bond acceptors (Lipinski definition) is 7. The Morgan fingerprint density at radius 2 is 2.14 bits per heavy atom. The summed E-state index contributed by atoms with van der Waals surface area (Å²) in [5, 5.41) is 4.40. The molecule has 1 amide bonds. The smallest absolute Gasteiger partial charge is 0.230 e. The number of thiophene rings is 1. The first-order chi connectivity index (χ1) is 14.0.